The van der Waals surface area contributed by atoms with E-state index >= 15 is 0 Å². The molecule has 2 aromatic rings. The second-order valence-electron chi connectivity index (χ2n) is 6.39. The largest absolute Gasteiger partial charge is 0.365 e. The molecular formula is C18H21ClFN5O2. The number of primary amides is 1. The van der Waals surface area contributed by atoms with Gasteiger partial charge in [-0.15, -0.1) is 0 Å². The third kappa shape index (κ3) is 3.90. The second kappa shape index (κ2) is 7.96. The quantitative estimate of drug-likeness (QED) is 0.765. The Balaban J connectivity index is 1.92. The average molecular weight is 394 g/mol. The number of nitrogens with two attached hydrogens (primary N) is 1. The van der Waals surface area contributed by atoms with Crippen molar-refractivity contribution < 1.29 is 14.0 Å². The summed E-state index contributed by atoms with van der Waals surface area (Å²) in [6.07, 6.45) is 1.89. The number of nitrogens with zero attached hydrogens (tertiary/aromatic N) is 3. The molecule has 1 aromatic carbocycles. The number of rotatable bonds is 5. The van der Waals surface area contributed by atoms with Crippen LogP contribution in [0.3, 0.4) is 0 Å². The van der Waals surface area contributed by atoms with Crippen molar-refractivity contribution in [2.45, 2.75) is 32.9 Å². The van der Waals surface area contributed by atoms with E-state index in [4.69, 9.17) is 17.3 Å². The van der Waals surface area contributed by atoms with Gasteiger partial charge in [0.2, 0.25) is 0 Å². The Labute approximate surface area is 161 Å². The van der Waals surface area contributed by atoms with E-state index < -0.39 is 11.7 Å². The van der Waals surface area contributed by atoms with Crippen LogP contribution in [0.25, 0.3) is 11.3 Å². The van der Waals surface area contributed by atoms with E-state index in [1.54, 1.807) is 9.58 Å². The van der Waals surface area contributed by atoms with Gasteiger partial charge in [0.15, 0.2) is 0 Å². The molecule has 2 heterocycles. The topological polar surface area (TPSA) is 93.2 Å². The monoisotopic (exact) mass is 393 g/mol. The van der Waals surface area contributed by atoms with Gasteiger partial charge in [0.05, 0.1) is 29.4 Å². The molecule has 0 bridgehead atoms. The van der Waals surface area contributed by atoms with Crippen molar-refractivity contribution in [1.29, 1.82) is 0 Å². The summed E-state index contributed by atoms with van der Waals surface area (Å²) in [6, 6.07) is 3.94. The minimum absolute atomic E-state index is 0.0641. The van der Waals surface area contributed by atoms with Gasteiger partial charge in [-0.1, -0.05) is 24.9 Å². The van der Waals surface area contributed by atoms with Crippen LogP contribution in [0, 0.1) is 5.82 Å². The molecular weight excluding hydrogens is 373 g/mol. The van der Waals surface area contributed by atoms with Crippen molar-refractivity contribution in [1.82, 2.24) is 20.0 Å². The molecule has 0 saturated carbocycles. The lowest BCUT2D eigenvalue weighted by molar-refractivity contribution is 0.0997. The molecule has 1 aliphatic rings. The average Bonchev–Trinajstić information content (AvgIpc) is 3.03. The van der Waals surface area contributed by atoms with Crippen molar-refractivity contribution in [2.75, 3.05) is 13.1 Å². The van der Waals surface area contributed by atoms with Crippen LogP contribution in [0.15, 0.2) is 18.2 Å². The maximum Gasteiger partial charge on any atom is 0.317 e. The molecule has 0 atom stereocenters. The number of benzene rings is 1. The Hall–Kier alpha value is -2.61. The first kappa shape index (κ1) is 19.2. The first-order chi connectivity index (χ1) is 12.9. The van der Waals surface area contributed by atoms with Gasteiger partial charge in [-0.25, -0.2) is 9.18 Å². The van der Waals surface area contributed by atoms with Crippen LogP contribution >= 0.6 is 11.6 Å². The molecule has 0 radical (unpaired) electrons. The maximum atomic E-state index is 13.5. The number of urea groups is 1. The van der Waals surface area contributed by atoms with Crippen LogP contribution in [0.5, 0.6) is 0 Å². The standard InChI is InChI=1S/C18H21ClFN5O2/c1-2-3-6-22-18(27)24-7-8-25-14(10-24)15(17(21)26)16(23-25)11-4-5-13(20)12(19)9-11/h4-5,9H,2-3,6-8,10H2,1H3,(H2,21,26)(H,22,27). The van der Waals surface area contributed by atoms with Crippen molar-refractivity contribution in [3.8, 4) is 11.3 Å². The van der Waals surface area contributed by atoms with E-state index in [1.807, 2.05) is 6.92 Å². The van der Waals surface area contributed by atoms with E-state index in [9.17, 15) is 14.0 Å². The normalized spacial score (nSPS) is 13.4. The Morgan fingerprint density at radius 2 is 2.15 bits per heavy atom. The van der Waals surface area contributed by atoms with Gasteiger partial charge in [-0.2, -0.15) is 5.10 Å². The van der Waals surface area contributed by atoms with Gasteiger partial charge in [0.1, 0.15) is 11.5 Å². The second-order valence-corrected chi connectivity index (χ2v) is 6.80. The maximum absolute atomic E-state index is 13.5. The highest BCUT2D eigenvalue weighted by atomic mass is 35.5. The summed E-state index contributed by atoms with van der Waals surface area (Å²) in [5.74, 6) is -1.21. The molecule has 3 amide bonds. The first-order valence-electron chi connectivity index (χ1n) is 8.80. The number of aromatic nitrogens is 2. The Morgan fingerprint density at radius 3 is 2.81 bits per heavy atom. The lowest BCUT2D eigenvalue weighted by Gasteiger charge is -2.28. The van der Waals surface area contributed by atoms with Crippen molar-refractivity contribution in [3.63, 3.8) is 0 Å². The minimum atomic E-state index is -0.653. The summed E-state index contributed by atoms with van der Waals surface area (Å²) in [5, 5.41) is 7.26. The number of unbranched alkanes of at least 4 members (excludes halogenated alkanes) is 1. The highest BCUT2D eigenvalue weighted by Gasteiger charge is 2.29. The number of carbonyl (C=O) groups excluding carboxylic acids is 2. The minimum Gasteiger partial charge on any atom is -0.365 e. The summed E-state index contributed by atoms with van der Waals surface area (Å²) < 4.78 is 15.1. The number of hydrogen-bond acceptors (Lipinski definition) is 3. The van der Waals surface area contributed by atoms with E-state index in [0.717, 1.165) is 12.8 Å². The molecule has 3 N–H and O–H groups in total. The van der Waals surface area contributed by atoms with Crippen molar-refractivity contribution in [3.05, 3.63) is 40.3 Å². The number of halogens is 2. The summed E-state index contributed by atoms with van der Waals surface area (Å²) in [4.78, 5) is 26.1. The predicted octanol–water partition coefficient (Wildman–Crippen LogP) is 2.77. The number of carbonyl (C=O) groups is 2. The van der Waals surface area contributed by atoms with Crippen LogP contribution in [0.1, 0.15) is 35.8 Å². The molecule has 3 rings (SSSR count). The summed E-state index contributed by atoms with van der Waals surface area (Å²) in [6.45, 7) is 3.78. The number of hydrogen-bond donors (Lipinski definition) is 2. The molecule has 0 fully saturated rings. The highest BCUT2D eigenvalue weighted by molar-refractivity contribution is 6.31. The van der Waals surface area contributed by atoms with Gasteiger partial charge < -0.3 is 16.0 Å². The Bertz CT molecular complexity index is 883. The zero-order chi connectivity index (χ0) is 19.6. The van der Waals surface area contributed by atoms with Crippen LogP contribution in [-0.2, 0) is 13.1 Å². The first-order valence-corrected chi connectivity index (χ1v) is 9.17. The number of amides is 3. The highest BCUT2D eigenvalue weighted by Crippen LogP contribution is 2.30. The zero-order valence-corrected chi connectivity index (χ0v) is 15.7. The fraction of sp³-hybridized carbons (Fsp3) is 0.389. The molecule has 0 aliphatic carbocycles. The number of fused-ring (bicyclic) bond motifs is 1. The van der Waals surface area contributed by atoms with Crippen LogP contribution < -0.4 is 11.1 Å². The Kier molecular flexibility index (Phi) is 5.65. The lowest BCUT2D eigenvalue weighted by atomic mass is 10.0. The summed E-state index contributed by atoms with van der Waals surface area (Å²) in [7, 11) is 0. The van der Waals surface area contributed by atoms with Crippen molar-refractivity contribution >= 4 is 23.5 Å². The van der Waals surface area contributed by atoms with E-state index in [0.29, 0.717) is 36.6 Å². The predicted molar refractivity (Wildman–Crippen MR) is 99.9 cm³/mol. The van der Waals surface area contributed by atoms with Crippen LogP contribution in [0.4, 0.5) is 9.18 Å². The van der Waals surface area contributed by atoms with Gasteiger partial charge >= 0.3 is 6.03 Å². The molecule has 0 spiro atoms. The molecule has 1 aliphatic heterocycles. The Morgan fingerprint density at radius 1 is 1.37 bits per heavy atom. The van der Waals surface area contributed by atoms with E-state index in [1.165, 1.54) is 18.2 Å². The van der Waals surface area contributed by atoms with Crippen LogP contribution in [0.2, 0.25) is 5.02 Å². The molecule has 27 heavy (non-hydrogen) atoms. The molecule has 9 heteroatoms. The zero-order valence-electron chi connectivity index (χ0n) is 15.0. The summed E-state index contributed by atoms with van der Waals surface area (Å²) in [5.41, 5.74) is 7.22. The molecule has 1 aromatic heterocycles. The lowest BCUT2D eigenvalue weighted by Crippen LogP contribution is -2.44. The smallest absolute Gasteiger partial charge is 0.317 e. The van der Waals surface area contributed by atoms with Gasteiger partial charge in [-0.3, -0.25) is 9.48 Å². The third-order valence-corrected chi connectivity index (χ3v) is 4.80. The molecule has 7 nitrogen and oxygen atoms in total. The van der Waals surface area contributed by atoms with Crippen molar-refractivity contribution in [2.24, 2.45) is 5.73 Å². The molecule has 144 valence electrons. The fourth-order valence-electron chi connectivity index (χ4n) is 3.08. The van der Waals surface area contributed by atoms with Gasteiger partial charge in [0.25, 0.3) is 5.91 Å². The fourth-order valence-corrected chi connectivity index (χ4v) is 3.26. The van der Waals surface area contributed by atoms with Crippen LogP contribution in [-0.4, -0.2) is 39.7 Å². The van der Waals surface area contributed by atoms with E-state index in [-0.39, 0.29) is 23.2 Å². The van der Waals surface area contributed by atoms with E-state index in [2.05, 4.69) is 10.4 Å². The SMILES string of the molecule is CCCCNC(=O)N1CCn2nc(-c3ccc(F)c(Cl)c3)c(C(N)=O)c2C1. The number of nitrogens with one attached hydrogen (secondary N) is 1. The molecule has 0 unspecified atom stereocenters. The third-order valence-electron chi connectivity index (χ3n) is 4.51. The molecule has 0 saturated heterocycles. The van der Waals surface area contributed by atoms with Gasteiger partial charge in [-0.05, 0) is 24.6 Å². The summed E-state index contributed by atoms with van der Waals surface area (Å²) >= 11 is 5.86. The van der Waals surface area contributed by atoms with Gasteiger partial charge in [0, 0.05) is 18.7 Å².